The van der Waals surface area contributed by atoms with Crippen molar-refractivity contribution in [1.82, 2.24) is 10.1 Å². The van der Waals surface area contributed by atoms with E-state index in [1.165, 1.54) is 0 Å². The molecule has 0 saturated carbocycles. The highest BCUT2D eigenvalue weighted by Gasteiger charge is 2.15. The average molecular weight is 434 g/mol. The number of carbonyl (C=O) groups excluding carboxylic acids is 1. The third-order valence-corrected chi connectivity index (χ3v) is 6.43. The van der Waals surface area contributed by atoms with E-state index in [-0.39, 0.29) is 5.75 Å². The minimum atomic E-state index is -2.83. The van der Waals surface area contributed by atoms with Crippen molar-refractivity contribution in [2.24, 2.45) is 4.36 Å². The zero-order valence-corrected chi connectivity index (χ0v) is 16.6. The lowest BCUT2D eigenvalue weighted by Crippen LogP contribution is -2.08. The maximum Gasteiger partial charge on any atom is 0.285 e. The highest BCUT2D eigenvalue weighted by Crippen LogP contribution is 2.21. The zero-order chi connectivity index (χ0) is 18.7. The van der Waals surface area contributed by atoms with E-state index in [0.717, 1.165) is 10.0 Å². The molecule has 3 rings (SSSR count). The highest BCUT2D eigenvalue weighted by atomic mass is 79.9. The van der Waals surface area contributed by atoms with Gasteiger partial charge in [-0.05, 0) is 30.3 Å². The molecule has 0 N–H and O–H groups in total. The number of benzene rings is 2. The Morgan fingerprint density at radius 3 is 2.54 bits per heavy atom. The molecular formula is C18H16BrN3O3S. The van der Waals surface area contributed by atoms with Gasteiger partial charge in [0.1, 0.15) is 0 Å². The fraction of sp³-hybridized carbons (Fsp3) is 0.167. The van der Waals surface area contributed by atoms with Gasteiger partial charge in [0.15, 0.2) is 0 Å². The van der Waals surface area contributed by atoms with Crippen molar-refractivity contribution in [2.75, 3.05) is 5.75 Å². The molecule has 1 atom stereocenters. The number of hydrogen-bond acceptors (Lipinski definition) is 5. The molecule has 0 spiro atoms. The number of halogens is 1. The highest BCUT2D eigenvalue weighted by molar-refractivity contribution is 9.10. The van der Waals surface area contributed by atoms with Crippen LogP contribution in [0, 0.1) is 6.92 Å². The van der Waals surface area contributed by atoms with Crippen LogP contribution >= 0.6 is 15.9 Å². The van der Waals surface area contributed by atoms with E-state index < -0.39 is 15.6 Å². The van der Waals surface area contributed by atoms with Crippen LogP contribution in [0.1, 0.15) is 23.2 Å². The van der Waals surface area contributed by atoms with Crippen molar-refractivity contribution < 1.29 is 13.5 Å². The van der Waals surface area contributed by atoms with Gasteiger partial charge in [0.2, 0.25) is 11.7 Å². The van der Waals surface area contributed by atoms with Gasteiger partial charge >= 0.3 is 0 Å². The summed E-state index contributed by atoms with van der Waals surface area (Å²) in [6.45, 7) is 3.46. The van der Waals surface area contributed by atoms with Crippen molar-refractivity contribution in [2.45, 2.75) is 18.7 Å². The predicted octanol–water partition coefficient (Wildman–Crippen LogP) is 4.49. The molecule has 0 aliphatic carbocycles. The minimum Gasteiger partial charge on any atom is -0.339 e. The molecule has 2 aromatic carbocycles. The van der Waals surface area contributed by atoms with Crippen molar-refractivity contribution >= 4 is 31.6 Å². The average Bonchev–Trinajstić information content (AvgIpc) is 3.08. The Balaban J connectivity index is 1.93. The quantitative estimate of drug-likeness (QED) is 0.604. The fourth-order valence-electron chi connectivity index (χ4n) is 2.31. The summed E-state index contributed by atoms with van der Waals surface area (Å²) < 4.78 is 22.9. The molecule has 8 heteroatoms. The second kappa shape index (κ2) is 7.51. The molecule has 134 valence electrons. The molecular weight excluding hydrogens is 418 g/mol. The van der Waals surface area contributed by atoms with Crippen LogP contribution in [0.25, 0.3) is 11.4 Å². The smallest absolute Gasteiger partial charge is 0.285 e. The monoisotopic (exact) mass is 433 g/mol. The Bertz CT molecular complexity index is 1070. The van der Waals surface area contributed by atoms with Gasteiger partial charge in [-0.2, -0.15) is 9.35 Å². The molecule has 0 bridgehead atoms. The Morgan fingerprint density at radius 2 is 1.96 bits per heavy atom. The summed E-state index contributed by atoms with van der Waals surface area (Å²) in [5.74, 6) is 0.638. The molecule has 1 unspecified atom stereocenters. The number of hydrogen-bond donors (Lipinski definition) is 0. The maximum absolute atomic E-state index is 13.1. The number of aromatic nitrogens is 2. The van der Waals surface area contributed by atoms with Crippen LogP contribution in [0.3, 0.4) is 0 Å². The summed E-state index contributed by atoms with van der Waals surface area (Å²) in [7, 11) is -2.83. The summed E-state index contributed by atoms with van der Waals surface area (Å²) in [5.41, 5.74) is 1.08. The van der Waals surface area contributed by atoms with Gasteiger partial charge < -0.3 is 4.52 Å². The first kappa shape index (κ1) is 18.5. The van der Waals surface area contributed by atoms with Gasteiger partial charge in [0, 0.05) is 33.2 Å². The lowest BCUT2D eigenvalue weighted by atomic mass is 10.1. The second-order valence-electron chi connectivity index (χ2n) is 5.50. The first-order chi connectivity index (χ1) is 12.4. The van der Waals surface area contributed by atoms with Crippen molar-refractivity contribution in [1.29, 1.82) is 0 Å². The van der Waals surface area contributed by atoms with Crippen LogP contribution in [0.4, 0.5) is 0 Å². The molecule has 0 aliphatic rings. The molecule has 0 aliphatic heterocycles. The van der Waals surface area contributed by atoms with E-state index in [2.05, 4.69) is 30.4 Å². The van der Waals surface area contributed by atoms with Crippen LogP contribution in [0.5, 0.6) is 0 Å². The number of amides is 1. The molecule has 0 fully saturated rings. The van der Waals surface area contributed by atoms with E-state index in [9.17, 15) is 9.00 Å². The second-order valence-corrected chi connectivity index (χ2v) is 8.93. The third-order valence-electron chi connectivity index (χ3n) is 3.70. The van der Waals surface area contributed by atoms with Gasteiger partial charge in [0.05, 0.1) is 9.73 Å². The SMILES string of the molecule is CCS(=O)(=NC(=O)c1ccc(-c2noc(C)n2)cc1)c1cccc(Br)c1. The molecule has 6 nitrogen and oxygen atoms in total. The number of rotatable bonds is 4. The van der Waals surface area contributed by atoms with Crippen LogP contribution in [0.15, 0.2) is 66.8 Å². The van der Waals surface area contributed by atoms with Gasteiger partial charge in [0.25, 0.3) is 5.91 Å². The van der Waals surface area contributed by atoms with Crippen molar-refractivity contribution in [3.63, 3.8) is 0 Å². The Kier molecular flexibility index (Phi) is 5.33. The molecule has 3 aromatic rings. The summed E-state index contributed by atoms with van der Waals surface area (Å²) in [5, 5.41) is 3.84. The normalized spacial score (nSPS) is 13.2. The predicted molar refractivity (Wildman–Crippen MR) is 102 cm³/mol. The topological polar surface area (TPSA) is 85.4 Å². The molecule has 26 heavy (non-hydrogen) atoms. The van der Waals surface area contributed by atoms with Crippen LogP contribution in [0.2, 0.25) is 0 Å². The molecule has 0 radical (unpaired) electrons. The first-order valence-corrected chi connectivity index (χ1v) is 10.3. The van der Waals surface area contributed by atoms with E-state index in [4.69, 9.17) is 4.52 Å². The number of aryl methyl sites for hydroxylation is 1. The van der Waals surface area contributed by atoms with Crippen LogP contribution in [-0.4, -0.2) is 26.0 Å². The van der Waals surface area contributed by atoms with Gasteiger partial charge in [-0.15, -0.1) is 0 Å². The molecule has 1 amide bonds. The first-order valence-electron chi connectivity index (χ1n) is 7.87. The zero-order valence-electron chi connectivity index (χ0n) is 14.2. The van der Waals surface area contributed by atoms with E-state index in [0.29, 0.717) is 22.2 Å². The van der Waals surface area contributed by atoms with Crippen LogP contribution in [-0.2, 0) is 9.73 Å². The van der Waals surface area contributed by atoms with Crippen LogP contribution < -0.4 is 0 Å². The standard InChI is InChI=1S/C18H16BrN3O3S/c1-3-26(24,16-6-4-5-15(19)11-16)22-18(23)14-9-7-13(8-10-14)17-20-12(2)25-21-17/h4-11H,3H2,1-2H3. The van der Waals surface area contributed by atoms with Gasteiger partial charge in [-0.3, -0.25) is 4.79 Å². The maximum atomic E-state index is 13.1. The minimum absolute atomic E-state index is 0.245. The van der Waals surface area contributed by atoms with Gasteiger partial charge in [-0.25, -0.2) is 4.21 Å². The van der Waals surface area contributed by atoms with E-state index >= 15 is 0 Å². The van der Waals surface area contributed by atoms with E-state index in [1.54, 1.807) is 56.3 Å². The Morgan fingerprint density at radius 1 is 1.23 bits per heavy atom. The fourth-order valence-corrected chi connectivity index (χ4v) is 4.41. The summed E-state index contributed by atoms with van der Waals surface area (Å²) in [6.07, 6.45) is 0. The molecule has 1 heterocycles. The number of carbonyl (C=O) groups is 1. The Labute approximate surface area is 159 Å². The number of nitrogens with zero attached hydrogens (tertiary/aromatic N) is 3. The van der Waals surface area contributed by atoms with Crippen molar-refractivity contribution in [3.8, 4) is 11.4 Å². The third kappa shape index (κ3) is 3.91. The molecule has 1 aromatic heterocycles. The lowest BCUT2D eigenvalue weighted by molar-refractivity contribution is 0.100. The largest absolute Gasteiger partial charge is 0.339 e. The molecule has 0 saturated heterocycles. The lowest BCUT2D eigenvalue weighted by Gasteiger charge is -2.08. The van der Waals surface area contributed by atoms with Gasteiger partial charge in [-0.1, -0.05) is 46.2 Å². The summed E-state index contributed by atoms with van der Waals surface area (Å²) in [4.78, 5) is 17.2. The summed E-state index contributed by atoms with van der Waals surface area (Å²) in [6, 6.07) is 13.7. The Hall–Kier alpha value is -2.32. The summed E-state index contributed by atoms with van der Waals surface area (Å²) >= 11 is 3.36. The van der Waals surface area contributed by atoms with Crippen molar-refractivity contribution in [3.05, 3.63) is 64.5 Å². The van der Waals surface area contributed by atoms with E-state index in [1.807, 2.05) is 6.07 Å².